The topological polar surface area (TPSA) is 117 Å². The summed E-state index contributed by atoms with van der Waals surface area (Å²) in [7, 11) is 0. The highest BCUT2D eigenvalue weighted by molar-refractivity contribution is 6.31. The molecular weight excluding hydrogens is 683 g/mol. The molecule has 0 saturated heterocycles. The van der Waals surface area contributed by atoms with Crippen LogP contribution in [0.25, 0.3) is 0 Å². The van der Waals surface area contributed by atoms with Crippen molar-refractivity contribution in [3.8, 4) is 11.5 Å². The third-order valence-electron chi connectivity index (χ3n) is 9.86. The summed E-state index contributed by atoms with van der Waals surface area (Å²) in [4.78, 5) is 9.99. The molecule has 2 unspecified atom stereocenters. The summed E-state index contributed by atoms with van der Waals surface area (Å²) in [5.74, 6) is 1.61. The number of aromatic hydroxyl groups is 2. The van der Waals surface area contributed by atoms with E-state index in [9.17, 15) is 10.2 Å². The Morgan fingerprint density at radius 1 is 0.588 bits per heavy atom. The van der Waals surface area contributed by atoms with E-state index in [0.29, 0.717) is 53.7 Å². The van der Waals surface area contributed by atoms with Crippen LogP contribution < -0.4 is 0 Å². The number of aryl methyl sites for hydroxylation is 2. The van der Waals surface area contributed by atoms with Gasteiger partial charge in [-0.1, -0.05) is 82.0 Å². The number of nitrogens with zero attached hydrogens (tertiary/aromatic N) is 4. The fourth-order valence-corrected chi connectivity index (χ4v) is 7.46. The maximum absolute atomic E-state index is 11.2. The molecule has 2 aliphatic heterocycles. The lowest BCUT2D eigenvalue weighted by molar-refractivity contribution is 0.371. The quantitative estimate of drug-likeness (QED) is 0.177. The minimum absolute atomic E-state index is 0.112. The number of hydrogen-bond acceptors (Lipinski definition) is 8. The summed E-state index contributed by atoms with van der Waals surface area (Å²) in [5, 5.41) is 32.1. The third kappa shape index (κ3) is 6.69. The molecule has 0 aliphatic carbocycles. The van der Waals surface area contributed by atoms with Crippen LogP contribution in [-0.2, 0) is 19.3 Å². The Hall–Kier alpha value is -5.18. The molecule has 51 heavy (non-hydrogen) atoms. The van der Waals surface area contributed by atoms with Gasteiger partial charge in [0.25, 0.3) is 0 Å². The Kier molecular flexibility index (Phi) is 8.74. The van der Waals surface area contributed by atoms with Gasteiger partial charge in [-0.3, -0.25) is 0 Å². The Labute approximate surface area is 305 Å². The van der Waals surface area contributed by atoms with Crippen LogP contribution >= 0.6 is 23.2 Å². The first-order valence-corrected chi connectivity index (χ1v) is 17.6. The van der Waals surface area contributed by atoms with E-state index in [1.54, 1.807) is 12.1 Å². The summed E-state index contributed by atoms with van der Waals surface area (Å²) >= 11 is 12.4. The van der Waals surface area contributed by atoms with Gasteiger partial charge in [0, 0.05) is 46.1 Å². The summed E-state index contributed by atoms with van der Waals surface area (Å²) in [6.07, 6.45) is 2.86. The van der Waals surface area contributed by atoms with Gasteiger partial charge in [-0.2, -0.15) is 0 Å². The molecule has 0 saturated carbocycles. The van der Waals surface area contributed by atoms with E-state index in [1.807, 2.05) is 74.5 Å². The van der Waals surface area contributed by atoms with Gasteiger partial charge in [-0.25, -0.2) is 9.98 Å². The van der Waals surface area contributed by atoms with E-state index in [-0.39, 0.29) is 23.3 Å². The molecule has 2 aromatic heterocycles. The number of halogens is 2. The predicted octanol–water partition coefficient (Wildman–Crippen LogP) is 10.3. The molecule has 10 heteroatoms. The van der Waals surface area contributed by atoms with Gasteiger partial charge >= 0.3 is 0 Å². The summed E-state index contributed by atoms with van der Waals surface area (Å²) in [6, 6.07) is 26.8. The lowest BCUT2D eigenvalue weighted by atomic mass is 9.85. The van der Waals surface area contributed by atoms with Crippen molar-refractivity contribution < 1.29 is 19.3 Å². The average molecular weight is 718 g/mol. The Morgan fingerprint density at radius 2 is 1.00 bits per heavy atom. The molecule has 0 fully saturated rings. The fraction of sp³-hybridized carbons (Fsp3) is 0.220. The zero-order valence-corrected chi connectivity index (χ0v) is 29.5. The van der Waals surface area contributed by atoms with E-state index in [1.165, 1.54) is 0 Å². The maximum atomic E-state index is 11.2. The number of aromatic nitrogens is 2. The highest BCUT2D eigenvalue weighted by atomic mass is 35.5. The van der Waals surface area contributed by atoms with Crippen LogP contribution in [0.1, 0.15) is 81.0 Å². The molecule has 0 amide bonds. The number of phenols is 2. The first-order valence-electron chi connectivity index (χ1n) is 16.9. The SMILES string of the molecule is Cc1noc2c1N=C(c1ccc(Cl)cc1)CC(c1cc(Cc3ccc(O)c(C4CC(c5ccc(Cl)cc5)=Nc5c(C)noc5C4)c3)ccc1O)C2. The molecule has 6 aromatic rings. The van der Waals surface area contributed by atoms with Crippen LogP contribution in [0.15, 0.2) is 104 Å². The Bertz CT molecular complexity index is 2160. The minimum Gasteiger partial charge on any atom is -0.508 e. The first-order chi connectivity index (χ1) is 24.7. The zero-order chi connectivity index (χ0) is 35.2. The van der Waals surface area contributed by atoms with Crippen molar-refractivity contribution in [1.29, 1.82) is 0 Å². The number of aliphatic imine (C=N–C) groups is 2. The summed E-state index contributed by atoms with van der Waals surface area (Å²) < 4.78 is 11.5. The van der Waals surface area contributed by atoms with Gasteiger partial charge in [0.05, 0.1) is 0 Å². The smallest absolute Gasteiger partial charge is 0.163 e. The highest BCUT2D eigenvalue weighted by Gasteiger charge is 2.30. The van der Waals surface area contributed by atoms with Crippen LogP contribution in [0.4, 0.5) is 11.4 Å². The van der Waals surface area contributed by atoms with Gasteiger partial charge in [0.2, 0.25) is 0 Å². The molecule has 4 aromatic carbocycles. The Morgan fingerprint density at radius 3 is 1.41 bits per heavy atom. The maximum Gasteiger partial charge on any atom is 0.163 e. The largest absolute Gasteiger partial charge is 0.508 e. The zero-order valence-electron chi connectivity index (χ0n) is 28.0. The second-order valence-electron chi connectivity index (χ2n) is 13.4. The molecule has 256 valence electrons. The molecule has 2 N–H and O–H groups in total. The van der Waals surface area contributed by atoms with Gasteiger partial charge < -0.3 is 19.3 Å². The second-order valence-corrected chi connectivity index (χ2v) is 14.3. The summed E-state index contributed by atoms with van der Waals surface area (Å²) in [6.45, 7) is 3.78. The monoisotopic (exact) mass is 716 g/mol. The van der Waals surface area contributed by atoms with E-state index >= 15 is 0 Å². The van der Waals surface area contributed by atoms with Crippen LogP contribution in [0, 0.1) is 13.8 Å². The lowest BCUT2D eigenvalue weighted by Gasteiger charge is -2.20. The van der Waals surface area contributed by atoms with Gasteiger partial charge in [-0.05, 0) is 103 Å². The second kappa shape index (κ2) is 13.5. The molecule has 0 radical (unpaired) electrons. The molecule has 2 atom stereocenters. The molecular formula is C41H34Cl2N4O4. The van der Waals surface area contributed by atoms with E-state index in [4.69, 9.17) is 42.2 Å². The molecule has 4 heterocycles. The molecule has 2 aliphatic rings. The number of hydrogen-bond donors (Lipinski definition) is 2. The highest BCUT2D eigenvalue weighted by Crippen LogP contribution is 2.42. The number of rotatable bonds is 6. The average Bonchev–Trinajstić information content (AvgIpc) is 3.48. The Balaban J connectivity index is 1.10. The van der Waals surface area contributed by atoms with Crippen molar-refractivity contribution in [2.45, 2.75) is 57.8 Å². The van der Waals surface area contributed by atoms with Crippen molar-refractivity contribution in [2.75, 3.05) is 0 Å². The standard InChI is InChI=1S/C41H34Cl2N4O4/c1-22-40-38(50-46-22)20-28(18-34(44-40)26-5-9-30(42)10-6-26)32-16-24(3-13-36(32)48)15-25-4-14-37(49)33(17-25)29-19-35(27-7-11-31(43)12-8-27)45-41-23(2)47-51-39(41)21-29/h3-14,16-17,28-29,48-49H,15,18-21H2,1-2H3. The predicted molar refractivity (Wildman–Crippen MR) is 199 cm³/mol. The van der Waals surface area contributed by atoms with Crippen LogP contribution in [0.2, 0.25) is 10.0 Å². The number of phenolic OH excluding ortho intramolecular Hbond substituents is 2. The summed E-state index contributed by atoms with van der Waals surface area (Å²) in [5.41, 5.74) is 10.3. The number of benzene rings is 4. The van der Waals surface area contributed by atoms with Crippen molar-refractivity contribution in [3.63, 3.8) is 0 Å². The molecule has 0 bridgehead atoms. The fourth-order valence-electron chi connectivity index (χ4n) is 7.20. The van der Waals surface area contributed by atoms with Gasteiger partial charge in [0.15, 0.2) is 11.5 Å². The minimum atomic E-state index is -0.112. The first kappa shape index (κ1) is 33.0. The lowest BCUT2D eigenvalue weighted by Crippen LogP contribution is -2.10. The van der Waals surface area contributed by atoms with Gasteiger partial charge in [-0.15, -0.1) is 0 Å². The van der Waals surface area contributed by atoms with Crippen LogP contribution in [0.5, 0.6) is 11.5 Å². The molecule has 0 spiro atoms. The van der Waals surface area contributed by atoms with Crippen LogP contribution in [0.3, 0.4) is 0 Å². The van der Waals surface area contributed by atoms with Gasteiger partial charge in [0.1, 0.15) is 34.3 Å². The molecule has 8 nitrogen and oxygen atoms in total. The van der Waals surface area contributed by atoms with E-state index in [2.05, 4.69) is 22.4 Å². The van der Waals surface area contributed by atoms with Crippen molar-refractivity contribution in [3.05, 3.63) is 151 Å². The van der Waals surface area contributed by atoms with E-state index < -0.39 is 0 Å². The van der Waals surface area contributed by atoms with Crippen molar-refractivity contribution in [2.24, 2.45) is 9.98 Å². The van der Waals surface area contributed by atoms with Crippen LogP contribution in [-0.4, -0.2) is 31.9 Å². The van der Waals surface area contributed by atoms with Crippen molar-refractivity contribution >= 4 is 46.0 Å². The molecule has 8 rings (SSSR count). The van der Waals surface area contributed by atoms with Crippen molar-refractivity contribution in [1.82, 2.24) is 10.3 Å². The third-order valence-corrected chi connectivity index (χ3v) is 10.4. The van der Waals surface area contributed by atoms with E-state index in [0.717, 1.165) is 67.6 Å². The normalized spacial score (nSPS) is 17.2. The number of fused-ring (bicyclic) bond motifs is 2.